The molecule has 0 nitrogen and oxygen atoms in total. The molecular formula is C10H22Cl2Si2. The molecule has 84 valence electrons. The summed E-state index contributed by atoms with van der Waals surface area (Å²) in [5.41, 5.74) is 2.59. The highest BCUT2D eigenvalue weighted by Crippen LogP contribution is 2.51. The minimum Gasteiger partial charge on any atom is -0.168 e. The molecule has 0 N–H and O–H groups in total. The van der Waals surface area contributed by atoms with Crippen molar-refractivity contribution in [1.82, 2.24) is 0 Å². The summed E-state index contributed by atoms with van der Waals surface area (Å²) in [5, 5.41) is 0. The lowest BCUT2D eigenvalue weighted by atomic mass is 10.4. The normalized spacial score (nSPS) is 36.9. The number of hydrogen-bond acceptors (Lipinski definition) is 0. The third-order valence-electron chi connectivity index (χ3n) is 3.22. The SMILES string of the molecule is CCCC[Si]1(Cl)C[Si](Cl)(CCCC)C1. The van der Waals surface area contributed by atoms with E-state index in [0.29, 0.717) is 0 Å². The second-order valence-corrected chi connectivity index (χ2v) is 18.1. The Hall–Kier alpha value is 1.01. The van der Waals surface area contributed by atoms with Crippen LogP contribution in [0.1, 0.15) is 39.5 Å². The summed E-state index contributed by atoms with van der Waals surface area (Å²) in [6.07, 6.45) is 5.22. The Bertz CT molecular complexity index is 161. The van der Waals surface area contributed by atoms with Crippen molar-refractivity contribution in [2.45, 2.75) is 63.0 Å². The number of hydrogen-bond donors (Lipinski definition) is 0. The third kappa shape index (κ3) is 3.55. The molecule has 0 atom stereocenters. The minimum atomic E-state index is -1.30. The van der Waals surface area contributed by atoms with E-state index < -0.39 is 14.8 Å². The molecule has 0 saturated carbocycles. The van der Waals surface area contributed by atoms with E-state index in [1.54, 1.807) is 0 Å². The van der Waals surface area contributed by atoms with E-state index in [2.05, 4.69) is 13.8 Å². The van der Waals surface area contributed by atoms with Gasteiger partial charge in [-0.3, -0.25) is 0 Å². The maximum Gasteiger partial charge on any atom is 0.153 e. The summed E-state index contributed by atoms with van der Waals surface area (Å²) in [4.78, 5) is 0. The number of halogens is 2. The molecule has 0 aliphatic carbocycles. The summed E-state index contributed by atoms with van der Waals surface area (Å²) in [5.74, 6) is 0. The van der Waals surface area contributed by atoms with Crippen LogP contribution < -0.4 is 0 Å². The molecule has 0 spiro atoms. The fraction of sp³-hybridized carbons (Fsp3) is 1.00. The molecule has 1 aliphatic rings. The lowest BCUT2D eigenvalue weighted by Gasteiger charge is -2.46. The largest absolute Gasteiger partial charge is 0.168 e. The van der Waals surface area contributed by atoms with E-state index >= 15 is 0 Å². The van der Waals surface area contributed by atoms with Gasteiger partial charge in [-0.15, -0.1) is 0 Å². The second-order valence-electron chi connectivity index (χ2n) is 4.86. The van der Waals surface area contributed by atoms with Crippen molar-refractivity contribution >= 4 is 36.9 Å². The highest BCUT2D eigenvalue weighted by atomic mass is 35.6. The zero-order chi connectivity index (χ0) is 10.7. The van der Waals surface area contributed by atoms with Gasteiger partial charge in [0.2, 0.25) is 0 Å². The Morgan fingerprint density at radius 1 is 0.857 bits per heavy atom. The highest BCUT2D eigenvalue weighted by molar-refractivity contribution is 7.45. The molecule has 1 fully saturated rings. The van der Waals surface area contributed by atoms with Crippen molar-refractivity contribution in [2.24, 2.45) is 0 Å². The van der Waals surface area contributed by atoms with Crippen molar-refractivity contribution < 1.29 is 0 Å². The zero-order valence-corrected chi connectivity index (χ0v) is 12.9. The Labute approximate surface area is 99.8 Å². The first-order chi connectivity index (χ1) is 6.54. The van der Waals surface area contributed by atoms with Crippen molar-refractivity contribution in [3.63, 3.8) is 0 Å². The van der Waals surface area contributed by atoms with Gasteiger partial charge in [0.15, 0.2) is 14.8 Å². The third-order valence-corrected chi connectivity index (χ3v) is 21.8. The fourth-order valence-corrected chi connectivity index (χ4v) is 27.1. The van der Waals surface area contributed by atoms with Gasteiger partial charge in [-0.1, -0.05) is 39.5 Å². The summed E-state index contributed by atoms with van der Waals surface area (Å²) >= 11 is 13.3. The molecule has 0 unspecified atom stereocenters. The molecular weight excluding hydrogens is 247 g/mol. The molecule has 14 heavy (non-hydrogen) atoms. The van der Waals surface area contributed by atoms with Gasteiger partial charge in [0.1, 0.15) is 0 Å². The van der Waals surface area contributed by atoms with E-state index in [1.807, 2.05) is 0 Å². The number of unbranched alkanes of at least 4 members (excludes halogenated alkanes) is 2. The monoisotopic (exact) mass is 268 g/mol. The van der Waals surface area contributed by atoms with Crippen LogP contribution >= 0.6 is 22.2 Å². The average Bonchev–Trinajstić information content (AvgIpc) is 2.09. The van der Waals surface area contributed by atoms with Crippen LogP contribution in [0.3, 0.4) is 0 Å². The summed E-state index contributed by atoms with van der Waals surface area (Å²) in [7, 11) is -2.60. The molecule has 0 aromatic rings. The maximum absolute atomic E-state index is 6.64. The van der Waals surface area contributed by atoms with Crippen LogP contribution in [0.15, 0.2) is 0 Å². The molecule has 1 heterocycles. The van der Waals surface area contributed by atoms with Gasteiger partial charge >= 0.3 is 0 Å². The fourth-order valence-electron chi connectivity index (χ4n) is 2.42. The predicted molar refractivity (Wildman–Crippen MR) is 72.3 cm³/mol. The average molecular weight is 269 g/mol. The molecule has 4 heteroatoms. The molecule has 0 radical (unpaired) electrons. The van der Waals surface area contributed by atoms with Gasteiger partial charge < -0.3 is 0 Å². The van der Waals surface area contributed by atoms with Gasteiger partial charge in [-0.2, -0.15) is 22.2 Å². The van der Waals surface area contributed by atoms with Crippen LogP contribution in [-0.2, 0) is 0 Å². The van der Waals surface area contributed by atoms with Crippen molar-refractivity contribution in [3.05, 3.63) is 0 Å². The van der Waals surface area contributed by atoms with Crippen LogP contribution in [0.5, 0.6) is 0 Å². The molecule has 0 aromatic heterocycles. The standard InChI is InChI=1S/C10H22Cl2Si2/c1-3-5-7-13(11)9-14(12,10-13)8-6-4-2/h3-10H2,1-2H3. The van der Waals surface area contributed by atoms with Gasteiger partial charge in [-0.25, -0.2) is 0 Å². The Morgan fingerprint density at radius 3 is 1.50 bits per heavy atom. The summed E-state index contributed by atoms with van der Waals surface area (Å²) in [6.45, 7) is 4.49. The topological polar surface area (TPSA) is 0 Å². The molecule has 0 amide bonds. The van der Waals surface area contributed by atoms with Crippen LogP contribution in [0.4, 0.5) is 0 Å². The molecule has 0 bridgehead atoms. The molecule has 0 aromatic carbocycles. The van der Waals surface area contributed by atoms with Gasteiger partial charge in [0.25, 0.3) is 0 Å². The molecule has 1 aliphatic heterocycles. The highest BCUT2D eigenvalue weighted by Gasteiger charge is 2.55. The number of rotatable bonds is 6. The Balaban J connectivity index is 2.25. The Kier molecular flexibility index (Phi) is 5.02. The van der Waals surface area contributed by atoms with Gasteiger partial charge in [0, 0.05) is 0 Å². The van der Waals surface area contributed by atoms with Crippen LogP contribution in [0.25, 0.3) is 0 Å². The molecule has 1 rings (SSSR count). The van der Waals surface area contributed by atoms with E-state index in [4.69, 9.17) is 22.2 Å². The minimum absolute atomic E-state index is 1.28. The first kappa shape index (κ1) is 13.1. The van der Waals surface area contributed by atoms with E-state index in [1.165, 1.54) is 49.1 Å². The molecule has 1 saturated heterocycles. The zero-order valence-electron chi connectivity index (χ0n) is 9.41. The summed E-state index contributed by atoms with van der Waals surface area (Å²) < 4.78 is 0. The predicted octanol–water partition coefficient (Wildman–Crippen LogP) is 5.05. The van der Waals surface area contributed by atoms with E-state index in [0.717, 1.165) is 0 Å². The van der Waals surface area contributed by atoms with Crippen LogP contribution in [-0.4, -0.2) is 14.8 Å². The first-order valence-electron chi connectivity index (χ1n) is 5.91. The summed E-state index contributed by atoms with van der Waals surface area (Å²) in [6, 6.07) is 2.64. The van der Waals surface area contributed by atoms with E-state index in [-0.39, 0.29) is 0 Å². The smallest absolute Gasteiger partial charge is 0.153 e. The maximum atomic E-state index is 6.64. The van der Waals surface area contributed by atoms with Gasteiger partial charge in [-0.05, 0) is 23.4 Å². The van der Waals surface area contributed by atoms with Crippen molar-refractivity contribution in [2.75, 3.05) is 0 Å². The van der Waals surface area contributed by atoms with Gasteiger partial charge in [0.05, 0.1) is 0 Å². The Morgan fingerprint density at radius 2 is 1.21 bits per heavy atom. The van der Waals surface area contributed by atoms with E-state index in [9.17, 15) is 0 Å². The quantitative estimate of drug-likeness (QED) is 0.467. The van der Waals surface area contributed by atoms with Crippen LogP contribution in [0.2, 0.25) is 23.4 Å². The van der Waals surface area contributed by atoms with Crippen LogP contribution in [0, 0.1) is 0 Å². The van der Waals surface area contributed by atoms with Crippen molar-refractivity contribution in [1.29, 1.82) is 0 Å². The lowest BCUT2D eigenvalue weighted by molar-refractivity contribution is 0.854. The second kappa shape index (κ2) is 5.37. The first-order valence-corrected chi connectivity index (χ1v) is 13.2. The lowest BCUT2D eigenvalue weighted by Crippen LogP contribution is -2.56. The van der Waals surface area contributed by atoms with Crippen molar-refractivity contribution in [3.8, 4) is 0 Å².